The van der Waals surface area contributed by atoms with Gasteiger partial charge in [0.15, 0.2) is 5.78 Å². The lowest BCUT2D eigenvalue weighted by Gasteiger charge is -2.07. The van der Waals surface area contributed by atoms with Gasteiger partial charge in [-0.05, 0) is 55.8 Å². The number of allylic oxidation sites excluding steroid dienone is 1. The van der Waals surface area contributed by atoms with E-state index in [1.807, 2.05) is 0 Å². The summed E-state index contributed by atoms with van der Waals surface area (Å²) in [5.41, 5.74) is 1.84. The monoisotopic (exact) mass is 313 g/mol. The molecule has 2 aromatic rings. The van der Waals surface area contributed by atoms with Gasteiger partial charge in [-0.25, -0.2) is 0 Å². The highest BCUT2D eigenvalue weighted by atomic mass is 16.5. The molecule has 5 nitrogen and oxygen atoms in total. The van der Waals surface area contributed by atoms with E-state index in [1.54, 1.807) is 58.4 Å². The van der Waals surface area contributed by atoms with Crippen LogP contribution in [0.1, 0.15) is 27.2 Å². The second kappa shape index (κ2) is 6.96. The standard InChI is InChI=1S/C18H19NO4/c1-11-9-12(2)19-18(21)17(11)15(20)7-5-13-10-14(22-3)6-8-16(13)23-4/h5-10H,1-4H3,(H,19,21)/b7-5+. The van der Waals surface area contributed by atoms with Crippen LogP contribution in [-0.4, -0.2) is 25.0 Å². The van der Waals surface area contributed by atoms with Crippen LogP contribution in [0.2, 0.25) is 0 Å². The molecule has 1 heterocycles. The summed E-state index contributed by atoms with van der Waals surface area (Å²) in [6.07, 6.45) is 2.98. The van der Waals surface area contributed by atoms with Crippen molar-refractivity contribution in [3.63, 3.8) is 0 Å². The molecule has 0 aliphatic carbocycles. The fourth-order valence-corrected chi connectivity index (χ4v) is 2.38. The SMILES string of the molecule is COc1ccc(OC)c(/C=C/C(=O)c2c(C)cc(C)[nH]c2=O)c1. The first-order valence-electron chi connectivity index (χ1n) is 7.11. The summed E-state index contributed by atoms with van der Waals surface area (Å²) >= 11 is 0. The summed E-state index contributed by atoms with van der Waals surface area (Å²) in [6, 6.07) is 7.06. The summed E-state index contributed by atoms with van der Waals surface area (Å²) < 4.78 is 10.4. The fourth-order valence-electron chi connectivity index (χ4n) is 2.38. The van der Waals surface area contributed by atoms with Crippen LogP contribution in [0.25, 0.3) is 6.08 Å². The predicted octanol–water partition coefficient (Wildman–Crippen LogP) is 2.91. The second-order valence-corrected chi connectivity index (χ2v) is 5.14. The largest absolute Gasteiger partial charge is 0.497 e. The number of aromatic nitrogens is 1. The Morgan fingerprint density at radius 1 is 1.13 bits per heavy atom. The minimum Gasteiger partial charge on any atom is -0.497 e. The number of methoxy groups -OCH3 is 2. The van der Waals surface area contributed by atoms with E-state index in [0.29, 0.717) is 22.6 Å². The van der Waals surface area contributed by atoms with Gasteiger partial charge in [0.25, 0.3) is 5.56 Å². The van der Waals surface area contributed by atoms with Crippen LogP contribution < -0.4 is 15.0 Å². The van der Waals surface area contributed by atoms with E-state index in [1.165, 1.54) is 6.08 Å². The molecular weight excluding hydrogens is 294 g/mol. The lowest BCUT2D eigenvalue weighted by atomic mass is 10.0. The molecule has 0 saturated heterocycles. The van der Waals surface area contributed by atoms with Gasteiger partial charge in [-0.15, -0.1) is 0 Å². The van der Waals surface area contributed by atoms with E-state index >= 15 is 0 Å². The van der Waals surface area contributed by atoms with Crippen molar-refractivity contribution in [2.45, 2.75) is 13.8 Å². The fraction of sp³-hybridized carbons (Fsp3) is 0.222. The van der Waals surface area contributed by atoms with Crippen molar-refractivity contribution in [2.24, 2.45) is 0 Å². The van der Waals surface area contributed by atoms with Crippen LogP contribution in [0.5, 0.6) is 11.5 Å². The van der Waals surface area contributed by atoms with Crippen LogP contribution in [0, 0.1) is 13.8 Å². The summed E-state index contributed by atoms with van der Waals surface area (Å²) in [5.74, 6) is 0.917. The van der Waals surface area contributed by atoms with Gasteiger partial charge >= 0.3 is 0 Å². The third kappa shape index (κ3) is 3.69. The van der Waals surface area contributed by atoms with Crippen molar-refractivity contribution in [2.75, 3.05) is 14.2 Å². The Balaban J connectivity index is 2.37. The molecule has 0 aliphatic heterocycles. The second-order valence-electron chi connectivity index (χ2n) is 5.14. The summed E-state index contributed by atoms with van der Waals surface area (Å²) in [5, 5.41) is 0. The highest BCUT2D eigenvalue weighted by Crippen LogP contribution is 2.25. The summed E-state index contributed by atoms with van der Waals surface area (Å²) in [4.78, 5) is 27.0. The van der Waals surface area contributed by atoms with E-state index < -0.39 is 0 Å². The molecule has 5 heteroatoms. The van der Waals surface area contributed by atoms with E-state index in [0.717, 1.165) is 5.69 Å². The molecule has 0 saturated carbocycles. The number of ether oxygens (including phenoxy) is 2. The van der Waals surface area contributed by atoms with E-state index in [4.69, 9.17) is 9.47 Å². The molecule has 0 aliphatic rings. The molecule has 23 heavy (non-hydrogen) atoms. The molecule has 0 amide bonds. The van der Waals surface area contributed by atoms with Crippen LogP contribution in [0.4, 0.5) is 0 Å². The molecule has 0 unspecified atom stereocenters. The first-order chi connectivity index (χ1) is 11.0. The van der Waals surface area contributed by atoms with Crippen molar-refractivity contribution in [3.05, 3.63) is 63.1 Å². The van der Waals surface area contributed by atoms with Gasteiger partial charge in [-0.2, -0.15) is 0 Å². The minimum absolute atomic E-state index is 0.147. The number of pyridine rings is 1. The van der Waals surface area contributed by atoms with E-state index in [2.05, 4.69) is 4.98 Å². The quantitative estimate of drug-likeness (QED) is 0.681. The van der Waals surface area contributed by atoms with Crippen molar-refractivity contribution in [1.82, 2.24) is 4.98 Å². The molecule has 1 aromatic carbocycles. The van der Waals surface area contributed by atoms with Crippen LogP contribution >= 0.6 is 0 Å². The van der Waals surface area contributed by atoms with Gasteiger partial charge < -0.3 is 14.5 Å². The van der Waals surface area contributed by atoms with Crippen molar-refractivity contribution in [3.8, 4) is 11.5 Å². The first-order valence-corrected chi connectivity index (χ1v) is 7.11. The number of hydrogen-bond acceptors (Lipinski definition) is 4. The first kappa shape index (κ1) is 16.5. The number of carbonyl (C=O) groups excluding carboxylic acids is 1. The normalized spacial score (nSPS) is 10.8. The number of ketones is 1. The molecule has 0 atom stereocenters. The third-order valence-corrected chi connectivity index (χ3v) is 3.46. The molecular formula is C18H19NO4. The number of H-pyrrole nitrogens is 1. The maximum atomic E-state index is 12.3. The smallest absolute Gasteiger partial charge is 0.259 e. The van der Waals surface area contributed by atoms with Gasteiger partial charge in [-0.1, -0.05) is 0 Å². The Labute approximate surface area is 134 Å². The van der Waals surface area contributed by atoms with Gasteiger partial charge in [-0.3, -0.25) is 9.59 Å². The van der Waals surface area contributed by atoms with E-state index in [-0.39, 0.29) is 16.9 Å². The Morgan fingerprint density at radius 2 is 1.87 bits per heavy atom. The minimum atomic E-state index is -0.380. The Morgan fingerprint density at radius 3 is 2.48 bits per heavy atom. The van der Waals surface area contributed by atoms with Crippen LogP contribution in [0.3, 0.4) is 0 Å². The van der Waals surface area contributed by atoms with Gasteiger partial charge in [0.2, 0.25) is 0 Å². The Kier molecular flexibility index (Phi) is 5.01. The molecule has 0 radical (unpaired) electrons. The zero-order chi connectivity index (χ0) is 17.0. The highest BCUT2D eigenvalue weighted by molar-refractivity contribution is 6.07. The maximum Gasteiger partial charge on any atom is 0.259 e. The summed E-state index contributed by atoms with van der Waals surface area (Å²) in [6.45, 7) is 3.52. The number of nitrogens with one attached hydrogen (secondary N) is 1. The van der Waals surface area contributed by atoms with Gasteiger partial charge in [0, 0.05) is 11.3 Å². The zero-order valence-corrected chi connectivity index (χ0v) is 13.6. The molecule has 0 fully saturated rings. The summed E-state index contributed by atoms with van der Waals surface area (Å²) in [7, 11) is 3.12. The maximum absolute atomic E-state index is 12.3. The average Bonchev–Trinajstić information content (AvgIpc) is 2.51. The van der Waals surface area contributed by atoms with E-state index in [9.17, 15) is 9.59 Å². The number of aromatic amines is 1. The van der Waals surface area contributed by atoms with Gasteiger partial charge in [0.1, 0.15) is 11.5 Å². The highest BCUT2D eigenvalue weighted by Gasteiger charge is 2.12. The van der Waals surface area contributed by atoms with Gasteiger partial charge in [0.05, 0.1) is 19.8 Å². The predicted molar refractivity (Wildman–Crippen MR) is 89.4 cm³/mol. The molecule has 2 rings (SSSR count). The van der Waals surface area contributed by atoms with Crippen molar-refractivity contribution < 1.29 is 14.3 Å². The molecule has 120 valence electrons. The number of aryl methyl sites for hydroxylation is 2. The Hall–Kier alpha value is -2.82. The average molecular weight is 313 g/mol. The Bertz CT molecular complexity index is 818. The zero-order valence-electron chi connectivity index (χ0n) is 13.6. The number of hydrogen-bond donors (Lipinski definition) is 1. The van der Waals surface area contributed by atoms with Crippen molar-refractivity contribution in [1.29, 1.82) is 0 Å². The molecule has 0 bridgehead atoms. The van der Waals surface area contributed by atoms with Crippen LogP contribution in [-0.2, 0) is 0 Å². The topological polar surface area (TPSA) is 68.4 Å². The van der Waals surface area contributed by atoms with Crippen LogP contribution in [0.15, 0.2) is 35.1 Å². The lowest BCUT2D eigenvalue weighted by molar-refractivity contribution is 0.104. The molecule has 1 aromatic heterocycles. The number of rotatable bonds is 5. The molecule has 1 N–H and O–H groups in total. The third-order valence-electron chi connectivity index (χ3n) is 3.46. The molecule has 0 spiro atoms. The number of carbonyl (C=O) groups is 1. The lowest BCUT2D eigenvalue weighted by Crippen LogP contribution is -2.19. The van der Waals surface area contributed by atoms with Crippen molar-refractivity contribution >= 4 is 11.9 Å². The number of benzene rings is 1.